The van der Waals surface area contributed by atoms with Crippen LogP contribution in [0.3, 0.4) is 0 Å². The average molecular weight is 309 g/mol. The summed E-state index contributed by atoms with van der Waals surface area (Å²) in [6.07, 6.45) is 0. The zero-order chi connectivity index (χ0) is 15.4. The van der Waals surface area contributed by atoms with Gasteiger partial charge in [0.25, 0.3) is 0 Å². The smallest absolute Gasteiger partial charge is 0.105 e. The first-order valence-corrected chi connectivity index (χ1v) is 7.75. The van der Waals surface area contributed by atoms with Crippen molar-refractivity contribution < 1.29 is 4.74 Å². The number of ether oxygens (including phenoxy) is 1. The van der Waals surface area contributed by atoms with E-state index in [0.717, 1.165) is 34.5 Å². The second-order valence-electron chi connectivity index (χ2n) is 5.01. The second kappa shape index (κ2) is 7.11. The van der Waals surface area contributed by atoms with Crippen molar-refractivity contribution in [1.29, 1.82) is 0 Å². The number of rotatable bonds is 7. The van der Waals surface area contributed by atoms with Gasteiger partial charge in [-0.25, -0.2) is 0 Å². The predicted octanol–water partition coefficient (Wildman–Crippen LogP) is 1.66. The highest BCUT2D eigenvalue weighted by molar-refractivity contribution is 7.99. The molecular formula is C14H23N5OS. The van der Waals surface area contributed by atoms with Crippen LogP contribution in [0.1, 0.15) is 17.0 Å². The lowest BCUT2D eigenvalue weighted by molar-refractivity contribution is 0.199. The number of aryl methyl sites for hydroxylation is 4. The molecule has 2 aromatic rings. The minimum atomic E-state index is 0.711. The molecule has 1 N–H and O–H groups in total. The monoisotopic (exact) mass is 309 g/mol. The molecule has 0 radical (unpaired) electrons. The predicted molar refractivity (Wildman–Crippen MR) is 83.6 cm³/mol. The Balaban J connectivity index is 2.16. The quantitative estimate of drug-likeness (QED) is 0.788. The highest BCUT2D eigenvalue weighted by Crippen LogP contribution is 2.31. The lowest BCUT2D eigenvalue weighted by Crippen LogP contribution is -2.19. The van der Waals surface area contributed by atoms with E-state index in [4.69, 9.17) is 4.74 Å². The number of hydrogen-bond acceptors (Lipinski definition) is 5. The van der Waals surface area contributed by atoms with Gasteiger partial charge in [0.1, 0.15) is 10.1 Å². The first kappa shape index (κ1) is 16.1. The number of methoxy groups -OCH3 is 1. The Morgan fingerprint density at radius 2 is 2.00 bits per heavy atom. The first-order valence-electron chi connectivity index (χ1n) is 6.93. The van der Waals surface area contributed by atoms with Gasteiger partial charge in [0.15, 0.2) is 0 Å². The summed E-state index contributed by atoms with van der Waals surface area (Å²) >= 11 is 1.70. The molecule has 6 nitrogen and oxygen atoms in total. The second-order valence-corrected chi connectivity index (χ2v) is 6.02. The van der Waals surface area contributed by atoms with Crippen molar-refractivity contribution in [1.82, 2.24) is 24.9 Å². The third-order valence-electron chi connectivity index (χ3n) is 3.23. The van der Waals surface area contributed by atoms with Crippen molar-refractivity contribution in [2.75, 3.05) is 20.3 Å². The third-order valence-corrected chi connectivity index (χ3v) is 4.53. The fraction of sp³-hybridized carbons (Fsp3) is 0.571. The molecule has 0 aliphatic heterocycles. The van der Waals surface area contributed by atoms with Crippen LogP contribution >= 0.6 is 11.8 Å². The zero-order valence-electron chi connectivity index (χ0n) is 13.3. The van der Waals surface area contributed by atoms with Crippen molar-refractivity contribution in [3.63, 3.8) is 0 Å². The van der Waals surface area contributed by atoms with Crippen LogP contribution in [0.5, 0.6) is 0 Å². The molecule has 2 aromatic heterocycles. The molecular weight excluding hydrogens is 286 g/mol. The maximum atomic E-state index is 5.06. The molecule has 0 atom stereocenters. The van der Waals surface area contributed by atoms with Gasteiger partial charge in [-0.05, 0) is 19.9 Å². The molecule has 0 aromatic carbocycles. The van der Waals surface area contributed by atoms with Crippen molar-refractivity contribution in [3.8, 4) is 0 Å². The largest absolute Gasteiger partial charge is 0.383 e. The van der Waals surface area contributed by atoms with Crippen molar-refractivity contribution in [2.24, 2.45) is 14.1 Å². The van der Waals surface area contributed by atoms with Crippen LogP contribution in [-0.2, 0) is 25.4 Å². The van der Waals surface area contributed by atoms with Gasteiger partial charge in [-0.2, -0.15) is 10.2 Å². The normalized spacial score (nSPS) is 11.3. The Hall–Kier alpha value is -1.31. The molecule has 2 rings (SSSR count). The van der Waals surface area contributed by atoms with Gasteiger partial charge < -0.3 is 10.1 Å². The Kier molecular flexibility index (Phi) is 5.44. The maximum absolute atomic E-state index is 5.06. The van der Waals surface area contributed by atoms with Crippen LogP contribution in [0, 0.1) is 13.8 Å². The van der Waals surface area contributed by atoms with Crippen LogP contribution in [0.2, 0.25) is 0 Å². The molecule has 2 heterocycles. The van der Waals surface area contributed by atoms with Gasteiger partial charge in [0.05, 0.1) is 18.0 Å². The lowest BCUT2D eigenvalue weighted by atomic mass is 10.2. The van der Waals surface area contributed by atoms with Gasteiger partial charge in [-0.15, -0.1) is 0 Å². The van der Waals surface area contributed by atoms with Gasteiger partial charge in [0.2, 0.25) is 0 Å². The Morgan fingerprint density at radius 3 is 2.62 bits per heavy atom. The number of hydrogen-bond donors (Lipinski definition) is 1. The van der Waals surface area contributed by atoms with E-state index in [1.165, 1.54) is 5.56 Å². The fourth-order valence-corrected chi connectivity index (χ4v) is 3.30. The average Bonchev–Trinajstić information content (AvgIpc) is 2.87. The van der Waals surface area contributed by atoms with E-state index >= 15 is 0 Å². The SMILES string of the molecule is COCCNCc1c(C)nn(C)c1Sc1cc(C)nn1C. The minimum absolute atomic E-state index is 0.711. The number of nitrogens with one attached hydrogen (secondary N) is 1. The van der Waals surface area contributed by atoms with Crippen LogP contribution in [0.25, 0.3) is 0 Å². The highest BCUT2D eigenvalue weighted by Gasteiger charge is 2.16. The first-order chi connectivity index (χ1) is 10.0. The molecule has 0 amide bonds. The van der Waals surface area contributed by atoms with Crippen molar-refractivity contribution in [3.05, 3.63) is 23.0 Å². The molecule has 0 aliphatic rings. The maximum Gasteiger partial charge on any atom is 0.105 e. The van der Waals surface area contributed by atoms with Crippen LogP contribution in [-0.4, -0.2) is 39.8 Å². The van der Waals surface area contributed by atoms with Gasteiger partial charge >= 0.3 is 0 Å². The Bertz CT molecular complexity index is 605. The fourth-order valence-electron chi connectivity index (χ4n) is 2.18. The van der Waals surface area contributed by atoms with Crippen molar-refractivity contribution >= 4 is 11.8 Å². The van der Waals surface area contributed by atoms with E-state index in [-0.39, 0.29) is 0 Å². The molecule has 0 bridgehead atoms. The summed E-state index contributed by atoms with van der Waals surface area (Å²) in [5.41, 5.74) is 3.32. The van der Waals surface area contributed by atoms with E-state index in [0.29, 0.717) is 6.61 Å². The third kappa shape index (κ3) is 3.87. The topological polar surface area (TPSA) is 56.9 Å². The molecule has 0 saturated heterocycles. The number of aromatic nitrogens is 4. The van der Waals surface area contributed by atoms with Crippen LogP contribution < -0.4 is 5.32 Å². The summed E-state index contributed by atoms with van der Waals surface area (Å²) < 4.78 is 8.91. The van der Waals surface area contributed by atoms with E-state index in [1.807, 2.05) is 37.3 Å². The molecule has 0 spiro atoms. The summed E-state index contributed by atoms with van der Waals surface area (Å²) in [6, 6.07) is 2.09. The summed E-state index contributed by atoms with van der Waals surface area (Å²) in [5, 5.41) is 14.6. The van der Waals surface area contributed by atoms with Crippen LogP contribution in [0.15, 0.2) is 16.1 Å². The van der Waals surface area contributed by atoms with E-state index in [2.05, 4.69) is 21.6 Å². The minimum Gasteiger partial charge on any atom is -0.383 e. The zero-order valence-corrected chi connectivity index (χ0v) is 14.1. The van der Waals surface area contributed by atoms with E-state index < -0.39 is 0 Å². The van der Waals surface area contributed by atoms with Crippen LogP contribution in [0.4, 0.5) is 0 Å². The van der Waals surface area contributed by atoms with Gasteiger partial charge in [0, 0.05) is 39.9 Å². The molecule has 0 unspecified atom stereocenters. The van der Waals surface area contributed by atoms with E-state index in [9.17, 15) is 0 Å². The summed E-state index contributed by atoms with van der Waals surface area (Å²) in [5.74, 6) is 0. The Labute approximate surface area is 129 Å². The standard InChI is InChI=1S/C14H23N5OS/c1-10-8-13(18(3)16-10)21-14-12(9-15-6-7-20-5)11(2)17-19(14)4/h8,15H,6-7,9H2,1-5H3. The Morgan fingerprint density at radius 1 is 1.24 bits per heavy atom. The summed E-state index contributed by atoms with van der Waals surface area (Å²) in [7, 11) is 5.66. The van der Waals surface area contributed by atoms with Gasteiger partial charge in [-0.3, -0.25) is 9.36 Å². The molecule has 116 valence electrons. The molecule has 7 heteroatoms. The molecule has 0 aliphatic carbocycles. The highest BCUT2D eigenvalue weighted by atomic mass is 32.2. The molecule has 0 saturated carbocycles. The molecule has 0 fully saturated rings. The summed E-state index contributed by atoms with van der Waals surface area (Å²) in [4.78, 5) is 0. The van der Waals surface area contributed by atoms with E-state index in [1.54, 1.807) is 18.9 Å². The number of nitrogens with zero attached hydrogens (tertiary/aromatic N) is 4. The molecule has 21 heavy (non-hydrogen) atoms. The summed E-state index contributed by atoms with van der Waals surface area (Å²) in [6.45, 7) is 6.39. The van der Waals surface area contributed by atoms with Crippen molar-refractivity contribution in [2.45, 2.75) is 30.4 Å². The van der Waals surface area contributed by atoms with Gasteiger partial charge in [-0.1, -0.05) is 11.8 Å². The lowest BCUT2D eigenvalue weighted by Gasteiger charge is -2.08.